The van der Waals surface area contributed by atoms with Gasteiger partial charge in [-0.1, -0.05) is 36.4 Å². The molecule has 1 heterocycles. The third-order valence-electron chi connectivity index (χ3n) is 4.08. The molecular weight excluding hydrogens is 316 g/mol. The molecule has 1 unspecified atom stereocenters. The van der Waals surface area contributed by atoms with Gasteiger partial charge in [-0.15, -0.1) is 0 Å². The summed E-state index contributed by atoms with van der Waals surface area (Å²) in [7, 11) is 0. The molecule has 2 aromatic carbocycles. The van der Waals surface area contributed by atoms with Crippen LogP contribution in [0.15, 0.2) is 54.6 Å². The van der Waals surface area contributed by atoms with Crippen LogP contribution in [0.3, 0.4) is 0 Å². The maximum Gasteiger partial charge on any atom is 0.244 e. The van der Waals surface area contributed by atoms with Gasteiger partial charge in [0.15, 0.2) is 0 Å². The van der Waals surface area contributed by atoms with Crippen molar-refractivity contribution >= 4 is 17.9 Å². The second-order valence-corrected chi connectivity index (χ2v) is 5.95. The Bertz CT molecular complexity index is 800. The number of nitrogens with two attached hydrogens (primary N) is 1. The highest BCUT2D eigenvalue weighted by Gasteiger charge is 2.17. The first-order valence-corrected chi connectivity index (χ1v) is 8.19. The maximum absolute atomic E-state index is 12.1. The third kappa shape index (κ3) is 4.47. The third-order valence-corrected chi connectivity index (χ3v) is 4.08. The Hall–Kier alpha value is -3.08. The fourth-order valence-corrected chi connectivity index (χ4v) is 2.77. The van der Waals surface area contributed by atoms with Gasteiger partial charge in [-0.25, -0.2) is 0 Å². The molecule has 0 fully saturated rings. The Morgan fingerprint density at radius 2 is 2.00 bits per heavy atom. The normalized spacial score (nSPS) is 13.9. The number of carbonyl (C=O) groups is 2. The summed E-state index contributed by atoms with van der Waals surface area (Å²) in [5.74, 6) is -0.00461. The molecule has 5 heteroatoms. The standard InChI is InChI=1S/C20H20N2O3/c21-20(24)17(13-14-4-2-1-3-5-14)22-19(23)9-7-15-6-8-18-16(12-15)10-11-25-18/h1-9,12,17H,10-11,13H2,(H2,21,24)(H,22,23). The van der Waals surface area contributed by atoms with E-state index in [-0.39, 0.29) is 5.91 Å². The number of nitrogens with one attached hydrogen (secondary N) is 1. The highest BCUT2D eigenvalue weighted by molar-refractivity contribution is 5.95. The molecule has 1 atom stereocenters. The van der Waals surface area contributed by atoms with Crippen LogP contribution in [0.5, 0.6) is 5.75 Å². The van der Waals surface area contributed by atoms with Gasteiger partial charge >= 0.3 is 0 Å². The number of rotatable bonds is 6. The van der Waals surface area contributed by atoms with Gasteiger partial charge < -0.3 is 15.8 Å². The lowest BCUT2D eigenvalue weighted by atomic mass is 10.1. The molecule has 1 aliphatic rings. The van der Waals surface area contributed by atoms with Crippen LogP contribution in [0.4, 0.5) is 0 Å². The van der Waals surface area contributed by atoms with Crippen LogP contribution >= 0.6 is 0 Å². The molecule has 5 nitrogen and oxygen atoms in total. The minimum absolute atomic E-state index is 0.350. The van der Waals surface area contributed by atoms with E-state index in [1.165, 1.54) is 6.08 Å². The summed E-state index contributed by atoms with van der Waals surface area (Å²) in [6.07, 6.45) is 4.38. The van der Waals surface area contributed by atoms with Gasteiger partial charge in [0, 0.05) is 18.9 Å². The number of carbonyl (C=O) groups excluding carboxylic acids is 2. The van der Waals surface area contributed by atoms with Gasteiger partial charge in [-0.3, -0.25) is 9.59 Å². The predicted octanol–water partition coefficient (Wildman–Crippen LogP) is 1.85. The van der Waals surface area contributed by atoms with E-state index in [0.717, 1.165) is 28.9 Å². The molecule has 2 amide bonds. The van der Waals surface area contributed by atoms with E-state index in [1.54, 1.807) is 6.08 Å². The fourth-order valence-electron chi connectivity index (χ4n) is 2.77. The van der Waals surface area contributed by atoms with Crippen molar-refractivity contribution in [2.45, 2.75) is 18.9 Å². The first kappa shape index (κ1) is 16.8. The minimum atomic E-state index is -0.743. The number of ether oxygens (including phenoxy) is 1. The lowest BCUT2D eigenvalue weighted by Gasteiger charge is -2.14. The molecule has 0 saturated heterocycles. The summed E-state index contributed by atoms with van der Waals surface area (Å²) in [6, 6.07) is 14.5. The Labute approximate surface area is 146 Å². The van der Waals surface area contributed by atoms with Crippen LogP contribution < -0.4 is 15.8 Å². The number of hydrogen-bond acceptors (Lipinski definition) is 3. The number of fused-ring (bicyclic) bond motifs is 1. The van der Waals surface area contributed by atoms with E-state index in [1.807, 2.05) is 48.5 Å². The van der Waals surface area contributed by atoms with E-state index in [9.17, 15) is 9.59 Å². The van der Waals surface area contributed by atoms with Gasteiger partial charge in [0.2, 0.25) is 11.8 Å². The molecule has 25 heavy (non-hydrogen) atoms. The number of hydrogen-bond donors (Lipinski definition) is 2. The molecule has 1 aliphatic heterocycles. The second-order valence-electron chi connectivity index (χ2n) is 5.95. The Kier molecular flexibility index (Phi) is 5.14. The van der Waals surface area contributed by atoms with E-state index in [0.29, 0.717) is 13.0 Å². The zero-order valence-electron chi connectivity index (χ0n) is 13.8. The van der Waals surface area contributed by atoms with Gasteiger partial charge in [0.25, 0.3) is 0 Å². The second kappa shape index (κ2) is 7.66. The lowest BCUT2D eigenvalue weighted by molar-refractivity contribution is -0.124. The zero-order valence-corrected chi connectivity index (χ0v) is 13.8. The van der Waals surface area contributed by atoms with Crippen molar-refractivity contribution < 1.29 is 14.3 Å². The number of primary amides is 1. The van der Waals surface area contributed by atoms with E-state index >= 15 is 0 Å². The van der Waals surface area contributed by atoms with Crippen molar-refractivity contribution in [2.75, 3.05) is 6.61 Å². The van der Waals surface area contributed by atoms with Crippen LogP contribution in [0.25, 0.3) is 6.08 Å². The Morgan fingerprint density at radius 1 is 1.20 bits per heavy atom. The van der Waals surface area contributed by atoms with Crippen molar-refractivity contribution in [3.05, 3.63) is 71.3 Å². The molecular formula is C20H20N2O3. The summed E-state index contributed by atoms with van der Waals surface area (Å²) >= 11 is 0. The van der Waals surface area contributed by atoms with Crippen LogP contribution in [0, 0.1) is 0 Å². The smallest absolute Gasteiger partial charge is 0.244 e. The molecule has 2 aromatic rings. The van der Waals surface area contributed by atoms with E-state index in [4.69, 9.17) is 10.5 Å². The van der Waals surface area contributed by atoms with Crippen LogP contribution in [-0.2, 0) is 22.4 Å². The van der Waals surface area contributed by atoms with E-state index in [2.05, 4.69) is 5.32 Å². The molecule has 128 valence electrons. The SMILES string of the molecule is NC(=O)C(Cc1ccccc1)NC(=O)C=Cc1ccc2c(c1)CCO2. The quantitative estimate of drug-likeness (QED) is 0.790. The monoisotopic (exact) mass is 336 g/mol. The molecule has 0 radical (unpaired) electrons. The summed E-state index contributed by atoms with van der Waals surface area (Å²) in [5, 5.41) is 2.66. The average Bonchev–Trinajstić information content (AvgIpc) is 3.08. The van der Waals surface area contributed by atoms with Crippen molar-refractivity contribution in [3.8, 4) is 5.75 Å². The van der Waals surface area contributed by atoms with Gasteiger partial charge in [-0.2, -0.15) is 0 Å². The molecule has 0 bridgehead atoms. The van der Waals surface area contributed by atoms with Gasteiger partial charge in [-0.05, 0) is 34.9 Å². The maximum atomic E-state index is 12.1. The predicted molar refractivity (Wildman–Crippen MR) is 95.9 cm³/mol. The molecule has 3 rings (SSSR count). The van der Waals surface area contributed by atoms with Gasteiger partial charge in [0.1, 0.15) is 11.8 Å². The molecule has 0 spiro atoms. The highest BCUT2D eigenvalue weighted by Crippen LogP contribution is 2.26. The minimum Gasteiger partial charge on any atom is -0.493 e. The fraction of sp³-hybridized carbons (Fsp3) is 0.200. The number of benzene rings is 2. The number of amides is 2. The largest absolute Gasteiger partial charge is 0.493 e. The molecule has 0 aromatic heterocycles. The zero-order chi connectivity index (χ0) is 17.6. The summed E-state index contributed by atoms with van der Waals surface area (Å²) in [6.45, 7) is 0.697. The van der Waals surface area contributed by atoms with Crippen LogP contribution in [-0.4, -0.2) is 24.5 Å². The van der Waals surface area contributed by atoms with Crippen molar-refractivity contribution in [2.24, 2.45) is 5.73 Å². The van der Waals surface area contributed by atoms with E-state index < -0.39 is 11.9 Å². The summed E-state index contributed by atoms with van der Waals surface area (Å²) in [5.41, 5.74) is 8.40. The first-order chi connectivity index (χ1) is 12.1. The molecule has 3 N–H and O–H groups in total. The first-order valence-electron chi connectivity index (χ1n) is 8.19. The average molecular weight is 336 g/mol. The Balaban J connectivity index is 1.62. The molecule has 0 aliphatic carbocycles. The summed E-state index contributed by atoms with van der Waals surface area (Å²) < 4.78 is 5.46. The lowest BCUT2D eigenvalue weighted by Crippen LogP contribution is -2.45. The summed E-state index contributed by atoms with van der Waals surface area (Å²) in [4.78, 5) is 23.7. The van der Waals surface area contributed by atoms with Crippen LogP contribution in [0.1, 0.15) is 16.7 Å². The topological polar surface area (TPSA) is 81.4 Å². The van der Waals surface area contributed by atoms with Crippen molar-refractivity contribution in [1.29, 1.82) is 0 Å². The highest BCUT2D eigenvalue weighted by atomic mass is 16.5. The Morgan fingerprint density at radius 3 is 2.76 bits per heavy atom. The molecule has 0 saturated carbocycles. The van der Waals surface area contributed by atoms with Crippen molar-refractivity contribution in [3.63, 3.8) is 0 Å². The van der Waals surface area contributed by atoms with Crippen molar-refractivity contribution in [1.82, 2.24) is 5.32 Å². The van der Waals surface area contributed by atoms with Gasteiger partial charge in [0.05, 0.1) is 6.61 Å². The van der Waals surface area contributed by atoms with Crippen LogP contribution in [0.2, 0.25) is 0 Å².